The molecule has 1 saturated carbocycles. The van der Waals surface area contributed by atoms with Gasteiger partial charge in [-0.05, 0) is 30.1 Å². The van der Waals surface area contributed by atoms with Crippen molar-refractivity contribution in [1.29, 1.82) is 0 Å². The van der Waals surface area contributed by atoms with Gasteiger partial charge in [0.05, 0.1) is 6.61 Å². The van der Waals surface area contributed by atoms with Crippen LogP contribution in [0.5, 0.6) is 0 Å². The van der Waals surface area contributed by atoms with Crippen LogP contribution in [-0.2, 0) is 4.74 Å². The predicted octanol–water partition coefficient (Wildman–Crippen LogP) is 2.29. The van der Waals surface area contributed by atoms with Gasteiger partial charge in [0, 0.05) is 20.2 Å². The molecule has 1 aliphatic carbocycles. The third kappa shape index (κ3) is 2.96. The monoisotopic (exact) mass is 199 g/mol. The summed E-state index contributed by atoms with van der Waals surface area (Å²) in [5.74, 6) is 1.72. The molecule has 0 saturated heterocycles. The molecule has 0 heterocycles. The summed E-state index contributed by atoms with van der Waals surface area (Å²) in [6, 6.07) is 0. The Morgan fingerprint density at radius 1 is 1.43 bits per heavy atom. The summed E-state index contributed by atoms with van der Waals surface area (Å²) in [5, 5.41) is 3.50. The van der Waals surface area contributed by atoms with Gasteiger partial charge in [-0.2, -0.15) is 0 Å². The minimum absolute atomic E-state index is 0.494. The minimum Gasteiger partial charge on any atom is -0.383 e. The highest BCUT2D eigenvalue weighted by Gasteiger charge is 2.42. The topological polar surface area (TPSA) is 21.3 Å². The molecule has 1 unspecified atom stereocenters. The second-order valence-corrected chi connectivity index (χ2v) is 5.10. The molecule has 0 bridgehead atoms. The first kappa shape index (κ1) is 12.0. The number of hydrogen-bond donors (Lipinski definition) is 1. The van der Waals surface area contributed by atoms with E-state index in [0.717, 1.165) is 31.5 Å². The Labute approximate surface area is 88.4 Å². The van der Waals surface area contributed by atoms with Crippen molar-refractivity contribution < 1.29 is 4.74 Å². The van der Waals surface area contributed by atoms with Crippen LogP contribution in [0.2, 0.25) is 0 Å². The summed E-state index contributed by atoms with van der Waals surface area (Å²) in [6.45, 7) is 10.0. The molecule has 0 amide bonds. The number of methoxy groups -OCH3 is 1. The van der Waals surface area contributed by atoms with Crippen molar-refractivity contribution in [1.82, 2.24) is 5.32 Å². The van der Waals surface area contributed by atoms with Gasteiger partial charge in [0.15, 0.2) is 0 Å². The van der Waals surface area contributed by atoms with E-state index in [1.807, 2.05) is 0 Å². The molecule has 0 aromatic heterocycles. The lowest BCUT2D eigenvalue weighted by Gasteiger charge is -2.34. The van der Waals surface area contributed by atoms with Crippen molar-refractivity contribution in [2.24, 2.45) is 17.3 Å². The van der Waals surface area contributed by atoms with Crippen molar-refractivity contribution in [3.05, 3.63) is 0 Å². The lowest BCUT2D eigenvalue weighted by Crippen LogP contribution is -2.39. The summed E-state index contributed by atoms with van der Waals surface area (Å²) in [5.41, 5.74) is 0.494. The second-order valence-electron chi connectivity index (χ2n) is 5.10. The second kappa shape index (κ2) is 5.13. The fourth-order valence-corrected chi connectivity index (χ4v) is 2.09. The summed E-state index contributed by atoms with van der Waals surface area (Å²) < 4.78 is 5.03. The first-order valence-electron chi connectivity index (χ1n) is 5.81. The van der Waals surface area contributed by atoms with Gasteiger partial charge in [-0.1, -0.05) is 20.8 Å². The smallest absolute Gasteiger partial charge is 0.0587 e. The standard InChI is InChI=1S/C12H25NO/c1-10(2)12(3,11-5-6-11)9-13-7-8-14-4/h10-11,13H,5-9H2,1-4H3. The van der Waals surface area contributed by atoms with Gasteiger partial charge >= 0.3 is 0 Å². The van der Waals surface area contributed by atoms with Crippen molar-refractivity contribution >= 4 is 0 Å². The van der Waals surface area contributed by atoms with E-state index >= 15 is 0 Å². The van der Waals surface area contributed by atoms with Crippen LogP contribution in [0, 0.1) is 17.3 Å². The Morgan fingerprint density at radius 3 is 2.50 bits per heavy atom. The van der Waals surface area contributed by atoms with Crippen LogP contribution in [0.3, 0.4) is 0 Å². The summed E-state index contributed by atoms with van der Waals surface area (Å²) in [4.78, 5) is 0. The molecule has 1 N–H and O–H groups in total. The maximum Gasteiger partial charge on any atom is 0.0587 e. The van der Waals surface area contributed by atoms with Crippen LogP contribution in [0.4, 0.5) is 0 Å². The van der Waals surface area contributed by atoms with Gasteiger partial charge < -0.3 is 10.1 Å². The number of ether oxygens (including phenoxy) is 1. The molecule has 0 aromatic carbocycles. The van der Waals surface area contributed by atoms with Crippen LogP contribution in [-0.4, -0.2) is 26.8 Å². The number of rotatable bonds is 7. The van der Waals surface area contributed by atoms with E-state index in [2.05, 4.69) is 26.1 Å². The highest BCUT2D eigenvalue weighted by atomic mass is 16.5. The number of nitrogens with one attached hydrogen (secondary N) is 1. The number of hydrogen-bond acceptors (Lipinski definition) is 2. The van der Waals surface area contributed by atoms with E-state index < -0.39 is 0 Å². The van der Waals surface area contributed by atoms with Crippen LogP contribution >= 0.6 is 0 Å². The van der Waals surface area contributed by atoms with Gasteiger partial charge in [-0.25, -0.2) is 0 Å². The normalized spacial score (nSPS) is 21.2. The van der Waals surface area contributed by atoms with Crippen LogP contribution < -0.4 is 5.32 Å². The maximum atomic E-state index is 5.03. The van der Waals surface area contributed by atoms with E-state index in [9.17, 15) is 0 Å². The van der Waals surface area contributed by atoms with Crippen molar-refractivity contribution in [2.45, 2.75) is 33.6 Å². The predicted molar refractivity (Wildman–Crippen MR) is 60.4 cm³/mol. The molecule has 0 radical (unpaired) electrons. The third-order valence-corrected chi connectivity index (χ3v) is 3.82. The lowest BCUT2D eigenvalue weighted by molar-refractivity contribution is 0.156. The molecule has 84 valence electrons. The SMILES string of the molecule is COCCNCC(C)(C(C)C)C1CC1. The first-order chi connectivity index (χ1) is 6.61. The average molecular weight is 199 g/mol. The molecule has 0 spiro atoms. The molecule has 1 fully saturated rings. The van der Waals surface area contributed by atoms with E-state index in [1.165, 1.54) is 12.8 Å². The molecule has 1 atom stereocenters. The Hall–Kier alpha value is -0.0800. The fraction of sp³-hybridized carbons (Fsp3) is 1.00. The zero-order chi connectivity index (χ0) is 10.6. The Kier molecular flexibility index (Phi) is 4.39. The van der Waals surface area contributed by atoms with E-state index in [1.54, 1.807) is 7.11 Å². The Balaban J connectivity index is 2.28. The van der Waals surface area contributed by atoms with Gasteiger partial charge in [-0.3, -0.25) is 0 Å². The molecule has 0 aliphatic heterocycles. The average Bonchev–Trinajstić information content (AvgIpc) is 2.95. The van der Waals surface area contributed by atoms with Crippen LogP contribution in [0.1, 0.15) is 33.6 Å². The summed E-state index contributed by atoms with van der Waals surface area (Å²) in [7, 11) is 1.75. The molecule has 1 aliphatic rings. The van der Waals surface area contributed by atoms with Gasteiger partial charge in [0.25, 0.3) is 0 Å². The molecule has 1 rings (SSSR count). The van der Waals surface area contributed by atoms with Crippen LogP contribution in [0.15, 0.2) is 0 Å². The van der Waals surface area contributed by atoms with Crippen molar-refractivity contribution in [2.75, 3.05) is 26.8 Å². The quantitative estimate of drug-likeness (QED) is 0.635. The van der Waals surface area contributed by atoms with Crippen LogP contribution in [0.25, 0.3) is 0 Å². The van der Waals surface area contributed by atoms with E-state index in [-0.39, 0.29) is 0 Å². The first-order valence-corrected chi connectivity index (χ1v) is 5.81. The summed E-state index contributed by atoms with van der Waals surface area (Å²) >= 11 is 0. The Morgan fingerprint density at radius 2 is 2.07 bits per heavy atom. The fourth-order valence-electron chi connectivity index (χ4n) is 2.09. The maximum absolute atomic E-state index is 5.03. The van der Waals surface area contributed by atoms with Gasteiger partial charge in [-0.15, -0.1) is 0 Å². The Bertz CT molecular complexity index is 162. The molecular weight excluding hydrogens is 174 g/mol. The van der Waals surface area contributed by atoms with E-state index in [0.29, 0.717) is 5.41 Å². The zero-order valence-corrected chi connectivity index (χ0v) is 10.1. The lowest BCUT2D eigenvalue weighted by atomic mass is 9.74. The summed E-state index contributed by atoms with van der Waals surface area (Å²) in [6.07, 6.45) is 2.86. The molecular formula is C12H25NO. The van der Waals surface area contributed by atoms with E-state index in [4.69, 9.17) is 4.74 Å². The largest absolute Gasteiger partial charge is 0.383 e. The highest BCUT2D eigenvalue weighted by Crippen LogP contribution is 2.49. The molecule has 0 aromatic rings. The molecule has 2 heteroatoms. The highest BCUT2D eigenvalue weighted by molar-refractivity contribution is 4.94. The minimum atomic E-state index is 0.494. The molecule has 2 nitrogen and oxygen atoms in total. The van der Waals surface area contributed by atoms with Crippen molar-refractivity contribution in [3.8, 4) is 0 Å². The van der Waals surface area contributed by atoms with Gasteiger partial charge in [0.1, 0.15) is 0 Å². The van der Waals surface area contributed by atoms with Crippen molar-refractivity contribution in [3.63, 3.8) is 0 Å². The third-order valence-electron chi connectivity index (χ3n) is 3.82. The molecule has 14 heavy (non-hydrogen) atoms. The van der Waals surface area contributed by atoms with Gasteiger partial charge in [0.2, 0.25) is 0 Å². The zero-order valence-electron chi connectivity index (χ0n) is 10.1.